The molecule has 0 aliphatic heterocycles. The van der Waals surface area contributed by atoms with Gasteiger partial charge in [-0.05, 0) is 0 Å². The average Bonchev–Trinajstić information content (AvgIpc) is 1.61. The van der Waals surface area contributed by atoms with E-state index in [0.29, 0.717) is 0 Å². The second-order valence-corrected chi connectivity index (χ2v) is 1.07. The van der Waals surface area contributed by atoms with E-state index in [1.807, 2.05) is 6.92 Å². The van der Waals surface area contributed by atoms with E-state index in [9.17, 15) is 0 Å². The average molecular weight is 102 g/mol. The third kappa shape index (κ3) is 5.23. The van der Waals surface area contributed by atoms with Gasteiger partial charge in [0.05, 0.1) is 0 Å². The van der Waals surface area contributed by atoms with Gasteiger partial charge in [-0.3, -0.25) is 10.8 Å². The lowest BCUT2D eigenvalue weighted by atomic mass is 10.8. The molecule has 0 amide bonds. The molecular formula is C3H10N4. The molecule has 0 fully saturated rings. The van der Waals surface area contributed by atoms with Gasteiger partial charge in [0, 0.05) is 6.54 Å². The Morgan fingerprint density at radius 1 is 1.86 bits per heavy atom. The summed E-state index contributed by atoms with van der Waals surface area (Å²) in [5.41, 5.74) is 9.94. The van der Waals surface area contributed by atoms with Crippen molar-refractivity contribution in [3.8, 4) is 0 Å². The summed E-state index contributed by atoms with van der Waals surface area (Å²) in [6.07, 6.45) is 0. The summed E-state index contributed by atoms with van der Waals surface area (Å²) in [4.78, 5) is 0. The molecule has 0 spiro atoms. The highest BCUT2D eigenvalue weighted by Gasteiger charge is 1.76. The van der Waals surface area contributed by atoms with Crippen molar-refractivity contribution >= 4 is 5.96 Å². The fourth-order valence-corrected chi connectivity index (χ4v) is 0.184. The Labute approximate surface area is 42.6 Å². The van der Waals surface area contributed by atoms with Crippen LogP contribution in [0.3, 0.4) is 0 Å². The highest BCUT2D eigenvalue weighted by atomic mass is 15.4. The Morgan fingerprint density at radius 3 is 2.57 bits per heavy atom. The zero-order valence-electron chi connectivity index (χ0n) is 4.28. The van der Waals surface area contributed by atoms with Gasteiger partial charge >= 0.3 is 0 Å². The number of hydrogen-bond donors (Lipinski definition) is 4. The zero-order valence-corrected chi connectivity index (χ0v) is 4.28. The molecule has 0 rings (SSSR count). The van der Waals surface area contributed by atoms with E-state index in [0.717, 1.165) is 6.54 Å². The highest BCUT2D eigenvalue weighted by Crippen LogP contribution is 1.43. The number of rotatable bonds is 2. The topological polar surface area (TPSA) is 73.9 Å². The van der Waals surface area contributed by atoms with Gasteiger partial charge in [-0.1, -0.05) is 6.92 Å². The second-order valence-electron chi connectivity index (χ2n) is 1.07. The van der Waals surface area contributed by atoms with E-state index in [1.54, 1.807) is 0 Å². The minimum absolute atomic E-state index is 0.0538. The van der Waals surface area contributed by atoms with Crippen LogP contribution in [0, 0.1) is 5.41 Å². The summed E-state index contributed by atoms with van der Waals surface area (Å²) in [6.45, 7) is 2.68. The fourth-order valence-electron chi connectivity index (χ4n) is 0.184. The standard InChI is InChI=1S/C3H10N4/c1-2-6-7-3(4)5/h6H,2H2,1H3,(H4,4,5,7). The molecule has 0 aromatic heterocycles. The molecule has 0 saturated heterocycles. The third-order valence-electron chi connectivity index (χ3n) is 0.400. The first kappa shape index (κ1) is 6.23. The maximum atomic E-state index is 6.60. The molecule has 0 bridgehead atoms. The summed E-state index contributed by atoms with van der Waals surface area (Å²) < 4.78 is 0. The van der Waals surface area contributed by atoms with Crippen LogP contribution in [0.4, 0.5) is 0 Å². The maximum absolute atomic E-state index is 6.60. The largest absolute Gasteiger partial charge is 0.369 e. The Hall–Kier alpha value is -0.770. The predicted molar refractivity (Wildman–Crippen MR) is 28.7 cm³/mol. The summed E-state index contributed by atoms with van der Waals surface area (Å²) in [6, 6.07) is 0. The fraction of sp³-hybridized carbons (Fsp3) is 0.667. The van der Waals surface area contributed by atoms with Crippen LogP contribution < -0.4 is 16.6 Å². The molecule has 0 unspecified atom stereocenters. The van der Waals surface area contributed by atoms with Crippen LogP contribution in [0.5, 0.6) is 0 Å². The van der Waals surface area contributed by atoms with Crippen molar-refractivity contribution in [1.29, 1.82) is 5.41 Å². The number of hydrazine groups is 1. The molecule has 0 aliphatic rings. The Bertz CT molecular complexity index is 60.0. The van der Waals surface area contributed by atoms with Gasteiger partial charge in [-0.15, -0.1) is 0 Å². The summed E-state index contributed by atoms with van der Waals surface area (Å²) in [5.74, 6) is -0.0538. The van der Waals surface area contributed by atoms with E-state index in [4.69, 9.17) is 11.1 Å². The van der Waals surface area contributed by atoms with E-state index in [1.165, 1.54) is 0 Å². The van der Waals surface area contributed by atoms with Crippen molar-refractivity contribution in [2.24, 2.45) is 5.73 Å². The minimum Gasteiger partial charge on any atom is -0.369 e. The van der Waals surface area contributed by atoms with E-state index in [2.05, 4.69) is 10.9 Å². The molecule has 0 aromatic rings. The van der Waals surface area contributed by atoms with Crippen LogP contribution in [0.1, 0.15) is 6.92 Å². The highest BCUT2D eigenvalue weighted by molar-refractivity contribution is 5.73. The second kappa shape index (κ2) is 3.42. The molecule has 4 heteroatoms. The van der Waals surface area contributed by atoms with Crippen LogP contribution in [-0.4, -0.2) is 12.5 Å². The quantitative estimate of drug-likeness (QED) is 0.205. The monoisotopic (exact) mass is 102 g/mol. The molecular weight excluding hydrogens is 92.1 g/mol. The predicted octanol–water partition coefficient (Wildman–Crippen LogP) is -1.01. The lowest BCUT2D eigenvalue weighted by molar-refractivity contribution is 0.677. The van der Waals surface area contributed by atoms with Crippen molar-refractivity contribution in [3.63, 3.8) is 0 Å². The molecule has 0 radical (unpaired) electrons. The van der Waals surface area contributed by atoms with Crippen molar-refractivity contribution < 1.29 is 0 Å². The lowest BCUT2D eigenvalue weighted by Gasteiger charge is -1.99. The number of nitrogens with one attached hydrogen (secondary N) is 3. The lowest BCUT2D eigenvalue weighted by Crippen LogP contribution is -2.41. The molecule has 0 atom stereocenters. The number of nitrogens with two attached hydrogens (primary N) is 1. The van der Waals surface area contributed by atoms with Crippen molar-refractivity contribution in [1.82, 2.24) is 10.9 Å². The van der Waals surface area contributed by atoms with E-state index >= 15 is 0 Å². The first-order chi connectivity index (χ1) is 3.27. The summed E-state index contributed by atoms with van der Waals surface area (Å²) in [5, 5.41) is 6.60. The molecule has 0 heterocycles. The van der Waals surface area contributed by atoms with Gasteiger partial charge in [0.15, 0.2) is 5.96 Å². The van der Waals surface area contributed by atoms with Crippen LogP contribution in [0.15, 0.2) is 0 Å². The number of hydrogen-bond acceptors (Lipinski definition) is 2. The van der Waals surface area contributed by atoms with Crippen molar-refractivity contribution in [3.05, 3.63) is 0 Å². The van der Waals surface area contributed by atoms with Gasteiger partial charge in [-0.25, -0.2) is 5.43 Å². The van der Waals surface area contributed by atoms with Crippen LogP contribution in [0.2, 0.25) is 0 Å². The van der Waals surface area contributed by atoms with Crippen molar-refractivity contribution in [2.75, 3.05) is 6.54 Å². The van der Waals surface area contributed by atoms with Gasteiger partial charge in [0.25, 0.3) is 0 Å². The van der Waals surface area contributed by atoms with Crippen molar-refractivity contribution in [2.45, 2.75) is 6.92 Å². The maximum Gasteiger partial charge on any atom is 0.200 e. The Balaban J connectivity index is 2.82. The van der Waals surface area contributed by atoms with E-state index in [-0.39, 0.29) is 5.96 Å². The van der Waals surface area contributed by atoms with Gasteiger partial charge in [0.2, 0.25) is 0 Å². The smallest absolute Gasteiger partial charge is 0.200 e. The third-order valence-corrected chi connectivity index (χ3v) is 0.400. The first-order valence-electron chi connectivity index (χ1n) is 2.10. The molecule has 0 aliphatic carbocycles. The summed E-state index contributed by atoms with van der Waals surface area (Å²) in [7, 11) is 0. The molecule has 7 heavy (non-hydrogen) atoms. The first-order valence-corrected chi connectivity index (χ1v) is 2.10. The molecule has 0 saturated carbocycles. The normalized spacial score (nSPS) is 8.14. The zero-order chi connectivity index (χ0) is 5.70. The summed E-state index contributed by atoms with van der Waals surface area (Å²) >= 11 is 0. The van der Waals surface area contributed by atoms with Crippen LogP contribution in [0.25, 0.3) is 0 Å². The molecule has 4 nitrogen and oxygen atoms in total. The van der Waals surface area contributed by atoms with Crippen LogP contribution >= 0.6 is 0 Å². The molecule has 5 N–H and O–H groups in total. The molecule has 0 aromatic carbocycles. The molecule has 42 valence electrons. The Kier molecular flexibility index (Phi) is 3.04. The van der Waals surface area contributed by atoms with Gasteiger partial charge in [-0.2, -0.15) is 0 Å². The van der Waals surface area contributed by atoms with Gasteiger partial charge in [0.1, 0.15) is 0 Å². The van der Waals surface area contributed by atoms with Gasteiger partial charge < -0.3 is 5.73 Å². The van der Waals surface area contributed by atoms with Crippen LogP contribution in [-0.2, 0) is 0 Å². The Morgan fingerprint density at radius 2 is 2.43 bits per heavy atom. The number of guanidine groups is 1. The van der Waals surface area contributed by atoms with E-state index < -0.39 is 0 Å². The SMILES string of the molecule is CCNNC(=N)N. The minimum atomic E-state index is -0.0538.